The minimum absolute atomic E-state index is 0.0218. The zero-order chi connectivity index (χ0) is 19.2. The zero-order valence-corrected chi connectivity index (χ0v) is 16.0. The minimum atomic E-state index is -0.140. The summed E-state index contributed by atoms with van der Waals surface area (Å²) in [6.45, 7) is 5.24. The lowest BCUT2D eigenvalue weighted by Gasteiger charge is -2.35. The molecular weight excluding hydrogens is 362 g/mol. The van der Waals surface area contributed by atoms with Gasteiger partial charge in [0, 0.05) is 37.4 Å². The summed E-state index contributed by atoms with van der Waals surface area (Å²) in [5.74, 6) is 0.697. The number of benzene rings is 1. The van der Waals surface area contributed by atoms with E-state index in [-0.39, 0.29) is 11.9 Å². The standard InChI is InChI=1S/C20H22ClN5O/c1-15(17-6-2-3-7-18(17)21)24-19(27)14-25-9-11-26(12-10-25)20-16(13-22)5-4-8-23-20/h2-8,15H,9-12,14H2,1H3,(H,24,27). The summed E-state index contributed by atoms with van der Waals surface area (Å²) in [5.41, 5.74) is 1.49. The number of carbonyl (C=O) groups is 1. The van der Waals surface area contributed by atoms with E-state index in [9.17, 15) is 10.1 Å². The fourth-order valence-corrected chi connectivity index (χ4v) is 3.55. The summed E-state index contributed by atoms with van der Waals surface area (Å²) < 4.78 is 0. The zero-order valence-electron chi connectivity index (χ0n) is 15.2. The second-order valence-electron chi connectivity index (χ2n) is 6.56. The van der Waals surface area contributed by atoms with E-state index in [0.717, 1.165) is 37.6 Å². The van der Waals surface area contributed by atoms with Gasteiger partial charge in [-0.3, -0.25) is 9.69 Å². The lowest BCUT2D eigenvalue weighted by molar-refractivity contribution is -0.123. The summed E-state index contributed by atoms with van der Waals surface area (Å²) >= 11 is 6.20. The number of piperazine rings is 1. The molecule has 1 N–H and O–H groups in total. The van der Waals surface area contributed by atoms with Gasteiger partial charge in [-0.1, -0.05) is 29.8 Å². The van der Waals surface area contributed by atoms with Gasteiger partial charge < -0.3 is 10.2 Å². The summed E-state index contributed by atoms with van der Waals surface area (Å²) in [4.78, 5) is 20.9. The topological polar surface area (TPSA) is 72.3 Å². The Bertz CT molecular complexity index is 842. The summed E-state index contributed by atoms with van der Waals surface area (Å²) in [5, 5.41) is 12.9. The number of hydrogen-bond acceptors (Lipinski definition) is 5. The first-order valence-electron chi connectivity index (χ1n) is 8.94. The Kier molecular flexibility index (Phi) is 6.28. The molecule has 1 amide bonds. The second-order valence-corrected chi connectivity index (χ2v) is 6.97. The van der Waals surface area contributed by atoms with Gasteiger partial charge in [-0.15, -0.1) is 0 Å². The van der Waals surface area contributed by atoms with E-state index in [2.05, 4.69) is 26.2 Å². The first kappa shape index (κ1) is 19.2. The molecule has 1 fully saturated rings. The number of aromatic nitrogens is 1. The Hall–Kier alpha value is -2.62. The number of nitriles is 1. The Morgan fingerprint density at radius 3 is 2.70 bits per heavy atom. The van der Waals surface area contributed by atoms with Gasteiger partial charge in [-0.25, -0.2) is 4.98 Å². The molecule has 140 valence electrons. The molecule has 1 aliphatic rings. The van der Waals surface area contributed by atoms with Gasteiger partial charge >= 0.3 is 0 Å². The molecule has 1 aromatic carbocycles. The predicted octanol–water partition coefficient (Wildman–Crippen LogP) is 2.61. The Morgan fingerprint density at radius 2 is 2.00 bits per heavy atom. The Balaban J connectivity index is 1.51. The van der Waals surface area contributed by atoms with Crippen LogP contribution in [-0.2, 0) is 4.79 Å². The number of anilines is 1. The molecule has 1 atom stereocenters. The van der Waals surface area contributed by atoms with Gasteiger partial charge in [0.1, 0.15) is 11.9 Å². The highest BCUT2D eigenvalue weighted by molar-refractivity contribution is 6.31. The van der Waals surface area contributed by atoms with Gasteiger partial charge in [-0.05, 0) is 30.7 Å². The quantitative estimate of drug-likeness (QED) is 0.859. The molecule has 1 aromatic heterocycles. The van der Waals surface area contributed by atoms with E-state index in [4.69, 9.17) is 11.6 Å². The number of nitrogens with zero attached hydrogens (tertiary/aromatic N) is 4. The van der Waals surface area contributed by atoms with Crippen LogP contribution in [0.25, 0.3) is 0 Å². The number of rotatable bonds is 5. The van der Waals surface area contributed by atoms with E-state index >= 15 is 0 Å². The number of pyridine rings is 1. The third kappa shape index (κ3) is 4.76. The molecule has 0 bridgehead atoms. The van der Waals surface area contributed by atoms with E-state index < -0.39 is 0 Å². The van der Waals surface area contributed by atoms with Crippen LogP contribution < -0.4 is 10.2 Å². The van der Waals surface area contributed by atoms with Gasteiger partial charge in [0.2, 0.25) is 5.91 Å². The van der Waals surface area contributed by atoms with Crippen molar-refractivity contribution in [3.63, 3.8) is 0 Å². The van der Waals surface area contributed by atoms with Crippen LogP contribution in [0.3, 0.4) is 0 Å². The monoisotopic (exact) mass is 383 g/mol. The smallest absolute Gasteiger partial charge is 0.234 e. The molecule has 2 heterocycles. The van der Waals surface area contributed by atoms with Crippen molar-refractivity contribution in [2.45, 2.75) is 13.0 Å². The fourth-order valence-electron chi connectivity index (χ4n) is 3.25. The number of amides is 1. The number of hydrogen-bond donors (Lipinski definition) is 1. The average molecular weight is 384 g/mol. The molecule has 27 heavy (non-hydrogen) atoms. The van der Waals surface area contributed by atoms with Crippen molar-refractivity contribution in [2.75, 3.05) is 37.6 Å². The maximum Gasteiger partial charge on any atom is 0.234 e. The largest absolute Gasteiger partial charge is 0.353 e. The molecule has 1 unspecified atom stereocenters. The summed E-state index contributed by atoms with van der Waals surface area (Å²) in [7, 11) is 0. The predicted molar refractivity (Wildman–Crippen MR) is 106 cm³/mol. The van der Waals surface area contributed by atoms with Crippen LogP contribution in [0.5, 0.6) is 0 Å². The number of carbonyl (C=O) groups excluding carboxylic acids is 1. The number of halogens is 1. The molecule has 0 radical (unpaired) electrons. The highest BCUT2D eigenvalue weighted by Gasteiger charge is 2.22. The fraction of sp³-hybridized carbons (Fsp3) is 0.350. The lowest BCUT2D eigenvalue weighted by atomic mass is 10.1. The summed E-state index contributed by atoms with van der Waals surface area (Å²) in [6, 6.07) is 13.1. The molecule has 7 heteroatoms. The SMILES string of the molecule is CC(NC(=O)CN1CCN(c2ncccc2C#N)CC1)c1ccccc1Cl. The lowest BCUT2D eigenvalue weighted by Crippen LogP contribution is -2.50. The van der Waals surface area contributed by atoms with Crippen LogP contribution >= 0.6 is 11.6 Å². The number of nitrogens with one attached hydrogen (secondary N) is 1. The maximum absolute atomic E-state index is 12.4. The molecular formula is C20H22ClN5O. The van der Waals surface area contributed by atoms with Crippen molar-refractivity contribution in [1.82, 2.24) is 15.2 Å². The van der Waals surface area contributed by atoms with Crippen LogP contribution in [0.1, 0.15) is 24.1 Å². The van der Waals surface area contributed by atoms with Crippen molar-refractivity contribution in [2.24, 2.45) is 0 Å². The van der Waals surface area contributed by atoms with Gasteiger partial charge in [0.05, 0.1) is 18.2 Å². The third-order valence-corrected chi connectivity index (χ3v) is 5.04. The Morgan fingerprint density at radius 1 is 1.26 bits per heavy atom. The summed E-state index contributed by atoms with van der Waals surface area (Å²) in [6.07, 6.45) is 1.70. The molecule has 6 nitrogen and oxygen atoms in total. The highest BCUT2D eigenvalue weighted by Crippen LogP contribution is 2.22. The van der Waals surface area contributed by atoms with E-state index in [1.807, 2.05) is 31.2 Å². The van der Waals surface area contributed by atoms with Crippen LogP contribution in [-0.4, -0.2) is 48.5 Å². The first-order chi connectivity index (χ1) is 13.1. The molecule has 1 saturated heterocycles. The molecule has 3 rings (SSSR count). The molecule has 0 saturated carbocycles. The van der Waals surface area contributed by atoms with Crippen LogP contribution in [0, 0.1) is 11.3 Å². The van der Waals surface area contributed by atoms with Gasteiger partial charge in [0.15, 0.2) is 0 Å². The van der Waals surface area contributed by atoms with Gasteiger partial charge in [-0.2, -0.15) is 5.26 Å². The second kappa shape index (κ2) is 8.85. The van der Waals surface area contributed by atoms with Crippen LogP contribution in [0.2, 0.25) is 5.02 Å². The first-order valence-corrected chi connectivity index (χ1v) is 9.32. The maximum atomic E-state index is 12.4. The molecule has 0 spiro atoms. The minimum Gasteiger partial charge on any atom is -0.353 e. The average Bonchev–Trinajstić information content (AvgIpc) is 2.68. The molecule has 2 aromatic rings. The van der Waals surface area contributed by atoms with Crippen molar-refractivity contribution >= 4 is 23.3 Å². The third-order valence-electron chi connectivity index (χ3n) is 4.70. The Labute approximate surface area is 164 Å². The van der Waals surface area contributed by atoms with Crippen molar-refractivity contribution in [3.05, 3.63) is 58.7 Å². The van der Waals surface area contributed by atoms with E-state index in [1.165, 1.54) is 0 Å². The van der Waals surface area contributed by atoms with E-state index in [1.54, 1.807) is 18.3 Å². The van der Waals surface area contributed by atoms with Crippen molar-refractivity contribution < 1.29 is 4.79 Å². The van der Waals surface area contributed by atoms with E-state index in [0.29, 0.717) is 17.1 Å². The highest BCUT2D eigenvalue weighted by atomic mass is 35.5. The molecule has 0 aliphatic carbocycles. The van der Waals surface area contributed by atoms with Gasteiger partial charge in [0.25, 0.3) is 0 Å². The van der Waals surface area contributed by atoms with Crippen molar-refractivity contribution in [3.8, 4) is 6.07 Å². The van der Waals surface area contributed by atoms with Crippen LogP contribution in [0.15, 0.2) is 42.6 Å². The van der Waals surface area contributed by atoms with Crippen molar-refractivity contribution in [1.29, 1.82) is 5.26 Å². The molecule has 1 aliphatic heterocycles. The van der Waals surface area contributed by atoms with Crippen LogP contribution in [0.4, 0.5) is 5.82 Å². The normalized spacial score (nSPS) is 15.8.